The van der Waals surface area contributed by atoms with Crippen LogP contribution in [0.5, 0.6) is 11.5 Å². The standard InChI is InChI=1S/C69H91F2N9O14S2/c1-48-65(95-47-74-48)50-12-10-49(11-13-50)42-73-67(83)60-41-53(81)44-80(60)68(84)66(69(2,3)4)76-63(82)46-93-35-34-92-33-32-91-31-30-90-29-28-89-27-26-88-25-21-78-19-17-77(18-20-78)16-7-24-94-61-15-14-51(40-62(61)87-5)59-43-72-58-9-6-8-54(64(58)75-59)52-38-56(70)55(57(71)39-52)45-79-22-36-96(85,86)37-23-79/h6,8-15,38-40,43,47,53,60,66,81H,7,16-37,41-42,44-46H2,1-5H3,(H,73,83)(H,76,82). The third kappa shape index (κ3) is 21.6. The number of hydrogen-bond donors (Lipinski definition) is 3. The Morgan fingerprint density at radius 3 is 1.95 bits per heavy atom. The number of piperazine rings is 1. The number of para-hydroxylation sites is 1. The van der Waals surface area contributed by atoms with Gasteiger partial charge in [-0.1, -0.05) is 57.2 Å². The lowest BCUT2D eigenvalue weighted by atomic mass is 9.85. The molecule has 96 heavy (non-hydrogen) atoms. The van der Waals surface area contributed by atoms with Crippen LogP contribution >= 0.6 is 11.3 Å². The van der Waals surface area contributed by atoms with Gasteiger partial charge in [0.05, 0.1) is 143 Å². The lowest BCUT2D eigenvalue weighted by Crippen LogP contribution is -2.58. The number of rotatable bonds is 36. The number of aliphatic hydroxyl groups excluding tert-OH is 1. The second-order valence-corrected chi connectivity index (χ2v) is 28.2. The van der Waals surface area contributed by atoms with Gasteiger partial charge in [-0.15, -0.1) is 11.3 Å². The number of β-amino-alcohol motifs (C(OH)–C–C–N with tert-alkyl or cyclic N) is 1. The van der Waals surface area contributed by atoms with Gasteiger partial charge in [0, 0.05) is 95.1 Å². The van der Waals surface area contributed by atoms with Crippen LogP contribution in [0, 0.1) is 24.0 Å². The summed E-state index contributed by atoms with van der Waals surface area (Å²) in [7, 11) is -1.54. The smallest absolute Gasteiger partial charge is 0.246 e. The molecule has 23 nitrogen and oxygen atoms in total. The van der Waals surface area contributed by atoms with E-state index in [1.54, 1.807) is 47.7 Å². The molecule has 6 aromatic rings. The molecule has 4 aromatic carbocycles. The molecule has 0 bridgehead atoms. The molecule has 3 aliphatic rings. The summed E-state index contributed by atoms with van der Waals surface area (Å²) in [5.41, 5.74) is 7.05. The molecule has 3 amide bonds. The van der Waals surface area contributed by atoms with Gasteiger partial charge in [0.1, 0.15) is 30.3 Å². The lowest BCUT2D eigenvalue weighted by Gasteiger charge is -2.35. The molecule has 3 saturated heterocycles. The maximum absolute atomic E-state index is 15.5. The van der Waals surface area contributed by atoms with Gasteiger partial charge in [-0.05, 0) is 71.8 Å². The number of likely N-dealkylation sites (tertiary alicyclic amines) is 1. The van der Waals surface area contributed by atoms with Crippen LogP contribution in [0.4, 0.5) is 8.78 Å². The molecule has 522 valence electrons. The van der Waals surface area contributed by atoms with Crippen LogP contribution in [0.15, 0.2) is 84.5 Å². The predicted molar refractivity (Wildman–Crippen MR) is 360 cm³/mol. The number of aliphatic hydroxyl groups is 1. The van der Waals surface area contributed by atoms with E-state index in [0.29, 0.717) is 105 Å². The first-order chi connectivity index (χ1) is 46.3. The average molecular weight is 1370 g/mol. The number of aryl methyl sites for hydroxylation is 1. The summed E-state index contributed by atoms with van der Waals surface area (Å²) in [6.45, 7) is 18.2. The zero-order valence-electron chi connectivity index (χ0n) is 55.6. The molecule has 5 heterocycles. The van der Waals surface area contributed by atoms with Crippen LogP contribution < -0.4 is 20.1 Å². The number of thiazole rings is 1. The van der Waals surface area contributed by atoms with Gasteiger partial charge in [0.25, 0.3) is 0 Å². The van der Waals surface area contributed by atoms with Crippen LogP contribution in [0.2, 0.25) is 0 Å². The Morgan fingerprint density at radius 2 is 1.33 bits per heavy atom. The highest BCUT2D eigenvalue weighted by molar-refractivity contribution is 7.91. The SMILES string of the molecule is COc1cc(-c2cnc3cccc(-c4cc(F)c(CN5CCS(=O)(=O)CC5)c(F)c4)c3n2)ccc1OCCCN1CCN(CCOCCOCCOCCOCCOCCOCC(=O)NC(C(=O)N2CC(O)CC2C(=O)NCc2ccc(-c3scnc3C)cc2)C(C)(C)C)CC1. The predicted octanol–water partition coefficient (Wildman–Crippen LogP) is 6.21. The number of carbonyl (C=O) groups is 3. The number of nitrogens with one attached hydrogen (secondary N) is 2. The van der Waals surface area contributed by atoms with E-state index in [1.165, 1.54) is 17.0 Å². The van der Waals surface area contributed by atoms with Crippen molar-refractivity contribution in [3.05, 3.63) is 113 Å². The highest BCUT2D eigenvalue weighted by atomic mass is 32.2. The molecular formula is C69H91F2N9O14S2. The number of halogens is 2. The number of carbonyl (C=O) groups excluding carboxylic acids is 3. The van der Waals surface area contributed by atoms with Gasteiger partial charge in [0.2, 0.25) is 17.7 Å². The minimum Gasteiger partial charge on any atom is -0.493 e. The van der Waals surface area contributed by atoms with Crippen LogP contribution in [0.1, 0.15) is 50.4 Å². The average Bonchev–Trinajstić information content (AvgIpc) is 0.808. The van der Waals surface area contributed by atoms with E-state index in [-0.39, 0.29) is 81.9 Å². The molecule has 3 aliphatic heterocycles. The number of aromatic nitrogens is 3. The van der Waals surface area contributed by atoms with Crippen LogP contribution in [-0.2, 0) is 65.7 Å². The van der Waals surface area contributed by atoms with Crippen LogP contribution in [0.25, 0.3) is 43.9 Å². The fraction of sp³-hybridized carbons (Fsp3) is 0.536. The monoisotopic (exact) mass is 1370 g/mol. The Morgan fingerprint density at radius 1 is 0.719 bits per heavy atom. The van der Waals surface area contributed by atoms with E-state index in [4.69, 9.17) is 42.9 Å². The molecule has 3 atom stereocenters. The number of ether oxygens (including phenoxy) is 8. The van der Waals surface area contributed by atoms with E-state index in [1.807, 2.05) is 75.7 Å². The second-order valence-electron chi connectivity index (χ2n) is 25.1. The Labute approximate surface area is 565 Å². The normalized spacial score (nSPS) is 17.4. The van der Waals surface area contributed by atoms with Gasteiger partial charge < -0.3 is 63.4 Å². The lowest BCUT2D eigenvalue weighted by molar-refractivity contribution is -0.144. The molecule has 0 aliphatic carbocycles. The number of hydrogen-bond acceptors (Lipinski definition) is 21. The number of amides is 3. The summed E-state index contributed by atoms with van der Waals surface area (Å²) < 4.78 is 101. The Kier molecular flexibility index (Phi) is 27.7. The maximum Gasteiger partial charge on any atom is 0.246 e. The molecule has 0 spiro atoms. The topological polar surface area (TPSA) is 255 Å². The number of fused-ring (bicyclic) bond motifs is 1. The Balaban J connectivity index is 0.555. The van der Waals surface area contributed by atoms with Gasteiger partial charge in [-0.3, -0.25) is 29.2 Å². The van der Waals surface area contributed by atoms with Crippen molar-refractivity contribution < 1.29 is 74.6 Å². The zero-order chi connectivity index (χ0) is 68.0. The highest BCUT2D eigenvalue weighted by Crippen LogP contribution is 2.36. The molecule has 0 saturated carbocycles. The van der Waals surface area contributed by atoms with Crippen molar-refractivity contribution in [2.75, 3.05) is 163 Å². The Bertz CT molecular complexity index is 3580. The van der Waals surface area contributed by atoms with Crippen molar-refractivity contribution in [1.82, 2.24) is 45.2 Å². The van der Waals surface area contributed by atoms with Crippen molar-refractivity contribution in [1.29, 1.82) is 0 Å². The fourth-order valence-electron chi connectivity index (χ4n) is 11.5. The van der Waals surface area contributed by atoms with Gasteiger partial charge in [-0.2, -0.15) is 0 Å². The molecule has 3 unspecified atom stereocenters. The highest BCUT2D eigenvalue weighted by Gasteiger charge is 2.44. The fourth-order valence-corrected chi connectivity index (χ4v) is 13.6. The first-order valence-corrected chi connectivity index (χ1v) is 35.5. The van der Waals surface area contributed by atoms with Crippen LogP contribution in [0.3, 0.4) is 0 Å². The Hall–Kier alpha value is -6.73. The summed E-state index contributed by atoms with van der Waals surface area (Å²) in [5.74, 6) is -1.66. The molecule has 27 heteroatoms. The van der Waals surface area contributed by atoms with Crippen molar-refractivity contribution in [3.63, 3.8) is 0 Å². The van der Waals surface area contributed by atoms with E-state index >= 15 is 8.78 Å². The van der Waals surface area contributed by atoms with Crippen molar-refractivity contribution in [2.45, 2.75) is 71.8 Å². The van der Waals surface area contributed by atoms with E-state index in [0.717, 1.165) is 73.0 Å². The third-order valence-corrected chi connectivity index (χ3v) is 19.6. The summed E-state index contributed by atoms with van der Waals surface area (Å²) >= 11 is 1.57. The largest absolute Gasteiger partial charge is 0.493 e. The molecule has 9 rings (SSSR count). The van der Waals surface area contributed by atoms with Crippen molar-refractivity contribution in [2.24, 2.45) is 5.41 Å². The molecule has 2 aromatic heterocycles. The number of sulfone groups is 1. The quantitative estimate of drug-likeness (QED) is 0.0370. The molecule has 3 fully saturated rings. The second kappa shape index (κ2) is 36.2. The third-order valence-electron chi connectivity index (χ3n) is 17.0. The minimum atomic E-state index is -3.13. The van der Waals surface area contributed by atoms with Crippen molar-refractivity contribution in [3.8, 4) is 44.3 Å². The van der Waals surface area contributed by atoms with Crippen molar-refractivity contribution >= 4 is 49.9 Å². The van der Waals surface area contributed by atoms with E-state index in [9.17, 15) is 27.9 Å². The molecule has 3 N–H and O–H groups in total. The first kappa shape index (κ1) is 73.5. The maximum atomic E-state index is 15.5. The van der Waals surface area contributed by atoms with Gasteiger partial charge >= 0.3 is 0 Å². The van der Waals surface area contributed by atoms with Gasteiger partial charge in [0.15, 0.2) is 21.3 Å². The van der Waals surface area contributed by atoms with E-state index in [2.05, 4.69) is 30.4 Å². The van der Waals surface area contributed by atoms with E-state index < -0.39 is 56.9 Å². The first-order valence-electron chi connectivity index (χ1n) is 32.8. The minimum absolute atomic E-state index is 0.0213. The molecule has 0 radical (unpaired) electrons. The van der Waals surface area contributed by atoms with Crippen LogP contribution in [-0.4, -0.2) is 247 Å². The number of nitrogens with zero attached hydrogens (tertiary/aromatic N) is 7. The summed E-state index contributed by atoms with van der Waals surface area (Å²) in [6.07, 6.45) is 1.70. The number of methoxy groups -OCH3 is 1. The zero-order valence-corrected chi connectivity index (χ0v) is 57.2. The summed E-state index contributed by atoms with van der Waals surface area (Å²) in [4.78, 5) is 63.3. The molecular weight excluding hydrogens is 1280 g/mol. The number of benzene rings is 4. The summed E-state index contributed by atoms with van der Waals surface area (Å²) in [6, 6.07) is 19.5. The summed E-state index contributed by atoms with van der Waals surface area (Å²) in [5, 5.41) is 16.3. The van der Waals surface area contributed by atoms with Gasteiger partial charge in [-0.25, -0.2) is 27.2 Å².